The number of nitrogens with one attached hydrogen (secondary N) is 2. The average molecular weight is 332 g/mol. The molecule has 5 heteroatoms. The molecule has 0 aromatic heterocycles. The Morgan fingerprint density at radius 3 is 2.50 bits per heavy atom. The van der Waals surface area contributed by atoms with E-state index in [2.05, 4.69) is 10.6 Å². The van der Waals surface area contributed by atoms with Gasteiger partial charge in [0.1, 0.15) is 0 Å². The normalized spacial score (nSPS) is 18.5. The Morgan fingerprint density at radius 1 is 0.958 bits per heavy atom. The number of hydrogen-bond acceptors (Lipinski definition) is 4. The molecular weight excluding hydrogens is 304 g/mol. The van der Waals surface area contributed by atoms with Gasteiger partial charge in [-0.1, -0.05) is 25.7 Å². The maximum absolute atomic E-state index is 12.3. The second-order valence-corrected chi connectivity index (χ2v) is 6.61. The Morgan fingerprint density at radius 2 is 1.71 bits per heavy atom. The summed E-state index contributed by atoms with van der Waals surface area (Å²) in [4.78, 5) is 12.3. The summed E-state index contributed by atoms with van der Waals surface area (Å²) in [5.74, 6) is 1.32. The Balaban J connectivity index is 1.44. The van der Waals surface area contributed by atoms with Gasteiger partial charge >= 0.3 is 0 Å². The molecule has 0 spiro atoms. The van der Waals surface area contributed by atoms with Gasteiger partial charge in [0, 0.05) is 31.1 Å². The number of carbonyl (C=O) groups excluding carboxylic acids is 1. The van der Waals surface area contributed by atoms with Gasteiger partial charge in [-0.15, -0.1) is 0 Å². The molecule has 1 heterocycles. The summed E-state index contributed by atoms with van der Waals surface area (Å²) >= 11 is 0. The Hall–Kier alpha value is -1.75. The second-order valence-electron chi connectivity index (χ2n) is 6.61. The summed E-state index contributed by atoms with van der Waals surface area (Å²) in [6, 6.07) is 6.00. The first kappa shape index (κ1) is 17.1. The molecule has 2 aliphatic rings. The van der Waals surface area contributed by atoms with Gasteiger partial charge in [-0.05, 0) is 31.0 Å². The van der Waals surface area contributed by atoms with Crippen molar-refractivity contribution in [1.82, 2.24) is 10.6 Å². The minimum absolute atomic E-state index is 0.0617. The van der Waals surface area contributed by atoms with Crippen LogP contribution in [0.3, 0.4) is 0 Å². The first-order valence-corrected chi connectivity index (χ1v) is 9.24. The molecule has 1 aromatic rings. The van der Waals surface area contributed by atoms with Crippen molar-refractivity contribution in [2.75, 3.05) is 26.3 Å². The number of ether oxygens (including phenoxy) is 2. The molecular formula is C19H28N2O3. The molecule has 1 fully saturated rings. The molecule has 1 amide bonds. The van der Waals surface area contributed by atoms with Crippen LogP contribution in [0, 0.1) is 0 Å². The van der Waals surface area contributed by atoms with E-state index in [1.54, 1.807) is 12.1 Å². The van der Waals surface area contributed by atoms with Gasteiger partial charge in [0.15, 0.2) is 11.5 Å². The van der Waals surface area contributed by atoms with Gasteiger partial charge in [-0.2, -0.15) is 0 Å². The largest absolute Gasteiger partial charge is 0.490 e. The lowest BCUT2D eigenvalue weighted by atomic mass is 10.1. The molecule has 1 aliphatic carbocycles. The first-order valence-electron chi connectivity index (χ1n) is 9.24. The van der Waals surface area contributed by atoms with Crippen molar-refractivity contribution in [2.45, 2.75) is 51.0 Å². The average Bonchev–Trinajstić information content (AvgIpc) is 3.00. The molecule has 3 rings (SSSR count). The van der Waals surface area contributed by atoms with Gasteiger partial charge in [0.05, 0.1) is 13.2 Å². The van der Waals surface area contributed by atoms with Crippen LogP contribution in [-0.2, 0) is 0 Å². The third kappa shape index (κ3) is 4.87. The molecule has 2 N–H and O–H groups in total. The number of benzene rings is 1. The van der Waals surface area contributed by atoms with E-state index in [4.69, 9.17) is 9.47 Å². The fourth-order valence-electron chi connectivity index (χ4n) is 3.34. The van der Waals surface area contributed by atoms with Crippen LogP contribution in [0.15, 0.2) is 18.2 Å². The maximum atomic E-state index is 12.3. The van der Waals surface area contributed by atoms with E-state index >= 15 is 0 Å². The van der Waals surface area contributed by atoms with E-state index in [-0.39, 0.29) is 5.91 Å². The summed E-state index contributed by atoms with van der Waals surface area (Å²) in [6.07, 6.45) is 8.75. The van der Waals surface area contributed by atoms with Crippen molar-refractivity contribution >= 4 is 5.91 Å². The molecule has 0 bridgehead atoms. The molecule has 0 radical (unpaired) electrons. The Labute approximate surface area is 144 Å². The summed E-state index contributed by atoms with van der Waals surface area (Å²) in [5.41, 5.74) is 0.619. The van der Waals surface area contributed by atoms with Gasteiger partial charge in [0.2, 0.25) is 0 Å². The van der Waals surface area contributed by atoms with E-state index in [9.17, 15) is 4.79 Å². The topological polar surface area (TPSA) is 59.6 Å². The van der Waals surface area contributed by atoms with E-state index in [1.165, 1.54) is 38.5 Å². The lowest BCUT2D eigenvalue weighted by Gasteiger charge is -2.16. The second kappa shape index (κ2) is 8.92. The molecule has 132 valence electrons. The van der Waals surface area contributed by atoms with E-state index in [0.29, 0.717) is 37.1 Å². The Bertz CT molecular complexity index is 539. The van der Waals surface area contributed by atoms with Crippen molar-refractivity contribution in [3.8, 4) is 11.5 Å². The number of carbonyl (C=O) groups is 1. The zero-order valence-corrected chi connectivity index (χ0v) is 14.3. The van der Waals surface area contributed by atoms with Crippen LogP contribution < -0.4 is 20.1 Å². The fraction of sp³-hybridized carbons (Fsp3) is 0.632. The monoisotopic (exact) mass is 332 g/mol. The summed E-state index contributed by atoms with van der Waals surface area (Å²) in [7, 11) is 0. The van der Waals surface area contributed by atoms with Gasteiger partial charge in [-0.25, -0.2) is 0 Å². The summed E-state index contributed by atoms with van der Waals surface area (Å²) in [5, 5.41) is 6.55. The van der Waals surface area contributed by atoms with Crippen molar-refractivity contribution < 1.29 is 14.3 Å². The smallest absolute Gasteiger partial charge is 0.251 e. The molecule has 0 saturated heterocycles. The van der Waals surface area contributed by atoms with Gasteiger partial charge in [-0.3, -0.25) is 4.79 Å². The highest BCUT2D eigenvalue weighted by Crippen LogP contribution is 2.30. The first-order chi connectivity index (χ1) is 11.8. The van der Waals surface area contributed by atoms with Crippen LogP contribution in [0.2, 0.25) is 0 Å². The number of rotatable bonds is 5. The zero-order valence-electron chi connectivity index (χ0n) is 14.3. The fourth-order valence-corrected chi connectivity index (χ4v) is 3.34. The standard InChI is InChI=1S/C19H28N2O3/c22-19(21-11-10-20-16-6-3-1-2-4-7-16)15-8-9-17-18(14-15)24-13-5-12-23-17/h8-9,14,16,20H,1-7,10-13H2,(H,21,22). The van der Waals surface area contributed by atoms with E-state index < -0.39 is 0 Å². The Kier molecular flexibility index (Phi) is 6.35. The van der Waals surface area contributed by atoms with E-state index in [0.717, 1.165) is 18.7 Å². The van der Waals surface area contributed by atoms with Crippen molar-refractivity contribution in [3.63, 3.8) is 0 Å². The minimum Gasteiger partial charge on any atom is -0.490 e. The summed E-state index contributed by atoms with van der Waals surface area (Å²) < 4.78 is 11.2. The third-order valence-electron chi connectivity index (χ3n) is 4.71. The van der Waals surface area contributed by atoms with E-state index in [1.807, 2.05) is 6.07 Å². The highest BCUT2D eigenvalue weighted by molar-refractivity contribution is 5.94. The molecule has 5 nitrogen and oxygen atoms in total. The zero-order chi connectivity index (χ0) is 16.6. The lowest BCUT2D eigenvalue weighted by Crippen LogP contribution is -2.36. The van der Waals surface area contributed by atoms with Crippen LogP contribution in [0.5, 0.6) is 11.5 Å². The van der Waals surface area contributed by atoms with Crippen molar-refractivity contribution in [2.24, 2.45) is 0 Å². The van der Waals surface area contributed by atoms with Crippen LogP contribution in [0.25, 0.3) is 0 Å². The molecule has 1 aliphatic heterocycles. The number of amides is 1. The van der Waals surface area contributed by atoms with Gasteiger partial charge in [0.25, 0.3) is 5.91 Å². The maximum Gasteiger partial charge on any atom is 0.251 e. The SMILES string of the molecule is O=C(NCCNC1CCCCCC1)c1ccc2c(c1)OCCCO2. The highest BCUT2D eigenvalue weighted by atomic mass is 16.5. The molecule has 1 saturated carbocycles. The molecule has 24 heavy (non-hydrogen) atoms. The molecule has 0 unspecified atom stereocenters. The van der Waals surface area contributed by atoms with Crippen LogP contribution >= 0.6 is 0 Å². The van der Waals surface area contributed by atoms with Gasteiger partial charge < -0.3 is 20.1 Å². The van der Waals surface area contributed by atoms with Crippen molar-refractivity contribution in [3.05, 3.63) is 23.8 Å². The number of fused-ring (bicyclic) bond motifs is 1. The predicted molar refractivity (Wildman–Crippen MR) is 93.9 cm³/mol. The van der Waals surface area contributed by atoms with Crippen LogP contribution in [-0.4, -0.2) is 38.3 Å². The predicted octanol–water partition coefficient (Wildman–Crippen LogP) is 2.89. The van der Waals surface area contributed by atoms with Crippen molar-refractivity contribution in [1.29, 1.82) is 0 Å². The van der Waals surface area contributed by atoms with Crippen LogP contribution in [0.1, 0.15) is 55.3 Å². The highest BCUT2D eigenvalue weighted by Gasteiger charge is 2.14. The van der Waals surface area contributed by atoms with Crippen LogP contribution in [0.4, 0.5) is 0 Å². The lowest BCUT2D eigenvalue weighted by molar-refractivity contribution is 0.0953. The quantitative estimate of drug-likeness (QED) is 0.643. The molecule has 1 aromatic carbocycles. The third-order valence-corrected chi connectivity index (χ3v) is 4.71. The summed E-state index contributed by atoms with van der Waals surface area (Å²) in [6.45, 7) is 2.75. The molecule has 0 atom stereocenters. The number of hydrogen-bond donors (Lipinski definition) is 2. The minimum atomic E-state index is -0.0617.